The zero-order valence-electron chi connectivity index (χ0n) is 17.8. The lowest BCUT2D eigenvalue weighted by Gasteiger charge is -2.21. The molecule has 4 heterocycles. The van der Waals surface area contributed by atoms with Gasteiger partial charge in [0, 0.05) is 53.8 Å². The van der Waals surface area contributed by atoms with E-state index in [1.165, 1.54) is 0 Å². The van der Waals surface area contributed by atoms with Crippen LogP contribution in [0.3, 0.4) is 0 Å². The molecule has 32 heavy (non-hydrogen) atoms. The van der Waals surface area contributed by atoms with Gasteiger partial charge in [0.2, 0.25) is 0 Å². The maximum absolute atomic E-state index is 13.2. The van der Waals surface area contributed by atoms with Gasteiger partial charge in [-0.3, -0.25) is 14.9 Å². The van der Waals surface area contributed by atoms with Crippen LogP contribution in [-0.2, 0) is 29.5 Å². The Hall–Kier alpha value is -3.64. The topological polar surface area (TPSA) is 75.7 Å². The highest BCUT2D eigenvalue weighted by Crippen LogP contribution is 2.42. The fourth-order valence-electron chi connectivity index (χ4n) is 5.47. The number of rotatable bonds is 3. The minimum atomic E-state index is -0.352. The van der Waals surface area contributed by atoms with Crippen LogP contribution in [0.4, 0.5) is 0 Å². The molecule has 1 atom stereocenters. The van der Waals surface area contributed by atoms with E-state index in [1.54, 1.807) is 0 Å². The Morgan fingerprint density at radius 3 is 2.62 bits per heavy atom. The highest BCUT2D eigenvalue weighted by molar-refractivity contribution is 6.50. The van der Waals surface area contributed by atoms with Gasteiger partial charge in [-0.05, 0) is 48.9 Å². The molecule has 0 fully saturated rings. The molecule has 4 aromatic rings. The van der Waals surface area contributed by atoms with Gasteiger partial charge in [-0.15, -0.1) is 0 Å². The largest absolute Gasteiger partial charge is 0.396 e. The Morgan fingerprint density at radius 2 is 1.78 bits per heavy atom. The molecule has 1 aromatic carbocycles. The van der Waals surface area contributed by atoms with Gasteiger partial charge < -0.3 is 14.1 Å². The van der Waals surface area contributed by atoms with Crippen LogP contribution in [0.15, 0.2) is 54.9 Å². The third kappa shape index (κ3) is 2.56. The number of imide groups is 1. The van der Waals surface area contributed by atoms with Crippen molar-refractivity contribution in [2.45, 2.75) is 19.3 Å². The van der Waals surface area contributed by atoms with E-state index < -0.39 is 0 Å². The Morgan fingerprint density at radius 1 is 1.03 bits per heavy atom. The fourth-order valence-corrected chi connectivity index (χ4v) is 5.47. The van der Waals surface area contributed by atoms with Crippen LogP contribution >= 0.6 is 0 Å². The number of nitrogens with zero attached hydrogens (tertiary/aromatic N) is 2. The molecule has 1 aliphatic carbocycles. The number of carbonyl (C=O) groups excluding carboxylic acids is 2. The van der Waals surface area contributed by atoms with Gasteiger partial charge >= 0.3 is 0 Å². The van der Waals surface area contributed by atoms with Gasteiger partial charge in [-0.1, -0.05) is 24.3 Å². The van der Waals surface area contributed by atoms with Gasteiger partial charge in [0.25, 0.3) is 11.8 Å². The highest BCUT2D eigenvalue weighted by atomic mass is 16.3. The first-order valence-electron chi connectivity index (χ1n) is 10.9. The smallest absolute Gasteiger partial charge is 0.259 e. The van der Waals surface area contributed by atoms with Crippen molar-refractivity contribution in [2.24, 2.45) is 13.0 Å². The van der Waals surface area contributed by atoms with Crippen molar-refractivity contribution in [3.05, 3.63) is 77.2 Å². The van der Waals surface area contributed by atoms with Crippen LogP contribution in [-0.4, -0.2) is 32.5 Å². The average Bonchev–Trinajstić information content (AvgIpc) is 3.41. The summed E-state index contributed by atoms with van der Waals surface area (Å²) in [6.45, 7) is 0.151. The molecule has 0 spiro atoms. The fraction of sp³-hybridized carbons (Fsp3) is 0.231. The molecule has 160 valence electrons. The molecule has 3 aromatic heterocycles. The lowest BCUT2D eigenvalue weighted by molar-refractivity contribution is -0.122. The van der Waals surface area contributed by atoms with Crippen molar-refractivity contribution in [1.82, 2.24) is 14.3 Å². The highest BCUT2D eigenvalue weighted by Gasteiger charge is 2.38. The normalized spacial score (nSPS) is 18.6. The quantitative estimate of drug-likeness (QED) is 0.496. The minimum absolute atomic E-state index is 0.151. The Bertz CT molecular complexity index is 1470. The van der Waals surface area contributed by atoms with Gasteiger partial charge in [0.05, 0.1) is 16.7 Å². The lowest BCUT2D eigenvalue weighted by atomic mass is 9.84. The maximum atomic E-state index is 13.2. The Labute approximate surface area is 184 Å². The minimum Gasteiger partial charge on any atom is -0.396 e. The first-order chi connectivity index (χ1) is 15.6. The first kappa shape index (κ1) is 19.1. The average molecular weight is 425 g/mol. The molecule has 2 amide bonds. The predicted molar refractivity (Wildman–Crippen MR) is 123 cm³/mol. The summed E-state index contributed by atoms with van der Waals surface area (Å²) in [6, 6.07) is 13.9. The number of amides is 2. The lowest BCUT2D eigenvalue weighted by Crippen LogP contribution is -2.23. The van der Waals surface area contributed by atoms with E-state index in [0.717, 1.165) is 58.1 Å². The van der Waals surface area contributed by atoms with Crippen LogP contribution in [0, 0.1) is 5.92 Å². The van der Waals surface area contributed by atoms with Crippen molar-refractivity contribution < 1.29 is 14.7 Å². The van der Waals surface area contributed by atoms with E-state index in [2.05, 4.69) is 9.72 Å². The first-order valence-corrected chi connectivity index (χ1v) is 10.9. The van der Waals surface area contributed by atoms with Gasteiger partial charge in [0.15, 0.2) is 0 Å². The summed E-state index contributed by atoms with van der Waals surface area (Å²) in [7, 11) is 1.95. The summed E-state index contributed by atoms with van der Waals surface area (Å²) in [5.41, 5.74) is 6.69. The van der Waals surface area contributed by atoms with Crippen molar-refractivity contribution in [2.75, 3.05) is 6.61 Å². The number of pyridine rings is 1. The van der Waals surface area contributed by atoms with E-state index >= 15 is 0 Å². The number of hydrogen-bond acceptors (Lipinski definition) is 3. The molecule has 2 aliphatic rings. The number of para-hydroxylation sites is 1. The SMILES string of the molecule is Cn1cc(C2=C(c3c4c(n5ccccc35)CC(CO)CC4)C(=O)NC2=O)c2ccccc21. The number of aryl methyl sites for hydroxylation is 1. The molecular formula is C26H23N3O3. The molecular weight excluding hydrogens is 402 g/mol. The summed E-state index contributed by atoms with van der Waals surface area (Å²) in [6.07, 6.45) is 6.32. The number of aliphatic hydroxyl groups excluding tert-OH is 1. The summed E-state index contributed by atoms with van der Waals surface area (Å²) in [5, 5.41) is 13.3. The Kier molecular flexibility index (Phi) is 4.13. The van der Waals surface area contributed by atoms with Crippen LogP contribution in [0.25, 0.3) is 27.6 Å². The molecule has 0 bridgehead atoms. The number of aromatic nitrogens is 2. The molecule has 1 aliphatic heterocycles. The third-order valence-electron chi connectivity index (χ3n) is 6.95. The summed E-state index contributed by atoms with van der Waals surface area (Å²) < 4.78 is 4.11. The Balaban J connectivity index is 1.69. The molecule has 6 heteroatoms. The summed E-state index contributed by atoms with van der Waals surface area (Å²) in [4.78, 5) is 26.3. The number of hydrogen-bond donors (Lipinski definition) is 2. The second-order valence-electron chi connectivity index (χ2n) is 8.75. The van der Waals surface area contributed by atoms with Crippen LogP contribution < -0.4 is 5.32 Å². The second kappa shape index (κ2) is 6.93. The molecule has 6 rings (SSSR count). The van der Waals surface area contributed by atoms with E-state index in [1.807, 2.05) is 66.5 Å². The van der Waals surface area contributed by atoms with E-state index in [0.29, 0.717) is 11.1 Å². The second-order valence-corrected chi connectivity index (χ2v) is 8.75. The molecule has 0 saturated heterocycles. The van der Waals surface area contributed by atoms with Crippen molar-refractivity contribution in [3.63, 3.8) is 0 Å². The third-order valence-corrected chi connectivity index (χ3v) is 6.95. The standard InChI is InChI=1S/C26H23N3O3/c1-28-13-18(16-6-2-3-7-19(16)28)23-24(26(32)27-25(23)31)22-17-10-9-15(14-30)12-21(17)29-11-5-4-8-20(22)29/h2-8,11,13,15,30H,9-10,12,14H2,1H3,(H,27,31,32). The van der Waals surface area contributed by atoms with Crippen LogP contribution in [0.5, 0.6) is 0 Å². The van der Waals surface area contributed by atoms with E-state index in [-0.39, 0.29) is 24.3 Å². The summed E-state index contributed by atoms with van der Waals surface area (Å²) in [5.74, 6) is -0.491. The molecule has 0 saturated carbocycles. The maximum Gasteiger partial charge on any atom is 0.259 e. The number of nitrogens with one attached hydrogen (secondary N) is 1. The number of fused-ring (bicyclic) bond motifs is 4. The predicted octanol–water partition coefficient (Wildman–Crippen LogP) is 3.10. The summed E-state index contributed by atoms with van der Waals surface area (Å²) >= 11 is 0. The molecule has 2 N–H and O–H groups in total. The van der Waals surface area contributed by atoms with Crippen LogP contribution in [0.2, 0.25) is 0 Å². The number of carbonyl (C=O) groups is 2. The zero-order valence-corrected chi connectivity index (χ0v) is 17.8. The van der Waals surface area contributed by atoms with Gasteiger partial charge in [0.1, 0.15) is 0 Å². The molecule has 1 unspecified atom stereocenters. The van der Waals surface area contributed by atoms with E-state index in [9.17, 15) is 14.7 Å². The number of benzene rings is 1. The zero-order chi connectivity index (χ0) is 22.0. The van der Waals surface area contributed by atoms with E-state index in [4.69, 9.17) is 0 Å². The van der Waals surface area contributed by atoms with Crippen LogP contribution in [0.1, 0.15) is 28.8 Å². The van der Waals surface area contributed by atoms with Gasteiger partial charge in [-0.25, -0.2) is 0 Å². The van der Waals surface area contributed by atoms with Crippen molar-refractivity contribution in [3.8, 4) is 0 Å². The molecule has 0 radical (unpaired) electrons. The monoisotopic (exact) mass is 425 g/mol. The van der Waals surface area contributed by atoms with Crippen molar-refractivity contribution in [1.29, 1.82) is 0 Å². The number of aliphatic hydroxyl groups is 1. The van der Waals surface area contributed by atoms with Crippen molar-refractivity contribution >= 4 is 39.4 Å². The van der Waals surface area contributed by atoms with Gasteiger partial charge in [-0.2, -0.15) is 0 Å². The molecule has 6 nitrogen and oxygen atoms in total.